The zero-order valence-electron chi connectivity index (χ0n) is 16.2. The van der Waals surface area contributed by atoms with Crippen molar-refractivity contribution in [2.45, 2.75) is 18.4 Å². The fraction of sp³-hybridized carbons (Fsp3) is 0.278. The van der Waals surface area contributed by atoms with E-state index in [1.807, 2.05) is 35.7 Å². The van der Waals surface area contributed by atoms with Gasteiger partial charge in [-0.3, -0.25) is 4.40 Å². The van der Waals surface area contributed by atoms with Crippen LogP contribution in [0, 0.1) is 0 Å². The van der Waals surface area contributed by atoms with Crippen molar-refractivity contribution in [3.63, 3.8) is 0 Å². The lowest BCUT2D eigenvalue weighted by molar-refractivity contribution is 0.580. The maximum atomic E-state index is 12.3. The standard InChI is InChI=1S/C18H22ClN7O2S.HI/c1-2-20-18(22-13-17-25-24-16-8-3-4-11-26(16)17)21-9-10-23-29(27,28)15-7-5-6-14(19)12-15;/h3-8,11-12,23H,2,9-10,13H2,1H3,(H2,20,21,22);1H. The van der Waals surface area contributed by atoms with Crippen molar-refractivity contribution in [2.24, 2.45) is 4.99 Å². The molecule has 0 saturated heterocycles. The van der Waals surface area contributed by atoms with Crippen LogP contribution in [0.1, 0.15) is 12.7 Å². The summed E-state index contributed by atoms with van der Waals surface area (Å²) in [5.41, 5.74) is 0.756. The lowest BCUT2D eigenvalue weighted by atomic mass is 10.4. The predicted octanol–water partition coefficient (Wildman–Crippen LogP) is 2.03. The van der Waals surface area contributed by atoms with Gasteiger partial charge in [0.05, 0.1) is 4.90 Å². The van der Waals surface area contributed by atoms with Crippen LogP contribution in [-0.4, -0.2) is 48.6 Å². The highest BCUT2D eigenvalue weighted by atomic mass is 127. The average Bonchev–Trinajstić information content (AvgIpc) is 3.12. The van der Waals surface area contributed by atoms with Crippen LogP contribution in [0.4, 0.5) is 0 Å². The van der Waals surface area contributed by atoms with Gasteiger partial charge in [0.1, 0.15) is 6.54 Å². The van der Waals surface area contributed by atoms with Crippen LogP contribution in [0.3, 0.4) is 0 Å². The summed E-state index contributed by atoms with van der Waals surface area (Å²) in [4.78, 5) is 4.62. The predicted molar refractivity (Wildman–Crippen MR) is 128 cm³/mol. The van der Waals surface area contributed by atoms with Gasteiger partial charge >= 0.3 is 0 Å². The molecule has 12 heteroatoms. The van der Waals surface area contributed by atoms with Gasteiger partial charge in [0.15, 0.2) is 17.4 Å². The Bertz CT molecular complexity index is 1100. The van der Waals surface area contributed by atoms with Crippen molar-refractivity contribution in [2.75, 3.05) is 19.6 Å². The third-order valence-electron chi connectivity index (χ3n) is 3.92. The molecule has 3 rings (SSSR count). The first-order chi connectivity index (χ1) is 14.0. The van der Waals surface area contributed by atoms with Gasteiger partial charge in [-0.25, -0.2) is 18.1 Å². The lowest BCUT2D eigenvalue weighted by Gasteiger charge is -2.12. The third-order valence-corrected chi connectivity index (χ3v) is 5.62. The van der Waals surface area contributed by atoms with Crippen molar-refractivity contribution in [1.82, 2.24) is 30.0 Å². The Morgan fingerprint density at radius 2 is 1.97 bits per heavy atom. The smallest absolute Gasteiger partial charge is 0.240 e. The van der Waals surface area contributed by atoms with E-state index in [2.05, 4.69) is 30.5 Å². The fourth-order valence-corrected chi connectivity index (χ4v) is 3.91. The van der Waals surface area contributed by atoms with Crippen LogP contribution in [0.2, 0.25) is 5.02 Å². The zero-order chi connectivity index (χ0) is 20.7. The van der Waals surface area contributed by atoms with Crippen LogP contribution in [0.5, 0.6) is 0 Å². The minimum Gasteiger partial charge on any atom is -0.357 e. The minimum atomic E-state index is -3.62. The molecule has 0 amide bonds. The van der Waals surface area contributed by atoms with Crippen LogP contribution in [0.15, 0.2) is 58.5 Å². The molecule has 0 bridgehead atoms. The molecular formula is C18H23ClIN7O2S. The van der Waals surface area contributed by atoms with Crippen LogP contribution in [-0.2, 0) is 16.6 Å². The van der Waals surface area contributed by atoms with E-state index in [-0.39, 0.29) is 35.4 Å². The molecule has 9 nitrogen and oxygen atoms in total. The summed E-state index contributed by atoms with van der Waals surface area (Å²) in [5, 5.41) is 14.8. The second kappa shape index (κ2) is 11.4. The molecule has 0 unspecified atom stereocenters. The van der Waals surface area contributed by atoms with Gasteiger partial charge in [-0.15, -0.1) is 34.2 Å². The molecule has 1 aromatic carbocycles. The van der Waals surface area contributed by atoms with E-state index < -0.39 is 10.0 Å². The molecular weight excluding hydrogens is 541 g/mol. The molecule has 0 aliphatic rings. The van der Waals surface area contributed by atoms with E-state index >= 15 is 0 Å². The SMILES string of the molecule is CCNC(=NCc1nnc2ccccn12)NCCNS(=O)(=O)c1cccc(Cl)c1.I. The van der Waals surface area contributed by atoms with Crippen LogP contribution >= 0.6 is 35.6 Å². The number of benzene rings is 1. The molecule has 0 fully saturated rings. The maximum Gasteiger partial charge on any atom is 0.240 e. The highest BCUT2D eigenvalue weighted by Gasteiger charge is 2.13. The Morgan fingerprint density at radius 1 is 1.13 bits per heavy atom. The number of aromatic nitrogens is 3. The number of hydrogen-bond acceptors (Lipinski definition) is 5. The lowest BCUT2D eigenvalue weighted by Crippen LogP contribution is -2.41. The number of aliphatic imine (C=N–C) groups is 1. The fourth-order valence-electron chi connectivity index (χ4n) is 2.57. The van der Waals surface area contributed by atoms with E-state index in [1.54, 1.807) is 12.1 Å². The number of sulfonamides is 1. The summed E-state index contributed by atoms with van der Waals surface area (Å²) >= 11 is 5.86. The number of pyridine rings is 1. The molecule has 0 aliphatic carbocycles. The summed E-state index contributed by atoms with van der Waals surface area (Å²) in [7, 11) is -3.62. The van der Waals surface area contributed by atoms with Gasteiger partial charge in [0.25, 0.3) is 0 Å². The number of halogens is 2. The first-order valence-corrected chi connectivity index (χ1v) is 10.9. The highest BCUT2D eigenvalue weighted by Crippen LogP contribution is 2.14. The van der Waals surface area contributed by atoms with Crippen LogP contribution in [0.25, 0.3) is 5.65 Å². The normalized spacial score (nSPS) is 11.9. The monoisotopic (exact) mass is 563 g/mol. The van der Waals surface area contributed by atoms with Gasteiger partial charge in [-0.2, -0.15) is 0 Å². The van der Waals surface area contributed by atoms with Crippen molar-refractivity contribution in [3.8, 4) is 0 Å². The average molecular weight is 564 g/mol. The summed E-state index contributed by atoms with van der Waals surface area (Å²) in [5.74, 6) is 1.27. The summed E-state index contributed by atoms with van der Waals surface area (Å²) in [6.45, 7) is 3.49. The first-order valence-electron chi connectivity index (χ1n) is 9.05. The van der Waals surface area contributed by atoms with Gasteiger partial charge in [0.2, 0.25) is 10.0 Å². The van der Waals surface area contributed by atoms with Gasteiger partial charge in [-0.05, 0) is 37.3 Å². The molecule has 0 atom stereocenters. The molecule has 30 heavy (non-hydrogen) atoms. The number of rotatable bonds is 8. The topological polar surface area (TPSA) is 113 Å². The second-order valence-electron chi connectivity index (χ2n) is 6.02. The van der Waals surface area contributed by atoms with Crippen molar-refractivity contribution in [3.05, 3.63) is 59.5 Å². The summed E-state index contributed by atoms with van der Waals surface area (Å²) < 4.78 is 29.0. The van der Waals surface area contributed by atoms with Crippen molar-refractivity contribution < 1.29 is 8.42 Å². The molecule has 2 aromatic heterocycles. The largest absolute Gasteiger partial charge is 0.357 e. The molecule has 3 N–H and O–H groups in total. The molecule has 0 radical (unpaired) electrons. The maximum absolute atomic E-state index is 12.3. The van der Waals surface area contributed by atoms with Gasteiger partial charge < -0.3 is 10.6 Å². The third kappa shape index (κ3) is 6.52. The van der Waals surface area contributed by atoms with Crippen molar-refractivity contribution in [1.29, 1.82) is 0 Å². The van der Waals surface area contributed by atoms with E-state index in [0.29, 0.717) is 36.4 Å². The number of hydrogen-bond donors (Lipinski definition) is 3. The summed E-state index contributed by atoms with van der Waals surface area (Å²) in [6.07, 6.45) is 1.88. The number of guanidine groups is 1. The second-order valence-corrected chi connectivity index (χ2v) is 8.23. The molecule has 0 spiro atoms. The number of fused-ring (bicyclic) bond motifs is 1. The Labute approximate surface area is 197 Å². The van der Waals surface area contributed by atoms with Crippen molar-refractivity contribution >= 4 is 57.2 Å². The van der Waals surface area contributed by atoms with Gasteiger partial charge in [0, 0.05) is 30.9 Å². The Kier molecular flexibility index (Phi) is 9.27. The molecule has 162 valence electrons. The van der Waals surface area contributed by atoms with Gasteiger partial charge in [-0.1, -0.05) is 23.7 Å². The Morgan fingerprint density at radius 3 is 2.73 bits per heavy atom. The Balaban J connectivity index is 0.00000320. The first kappa shape index (κ1) is 24.3. The number of nitrogens with zero attached hydrogens (tertiary/aromatic N) is 4. The molecule has 0 saturated carbocycles. The number of nitrogens with one attached hydrogen (secondary N) is 3. The Hall–Kier alpha value is -1.96. The highest BCUT2D eigenvalue weighted by molar-refractivity contribution is 14.0. The van der Waals surface area contributed by atoms with E-state index in [9.17, 15) is 8.42 Å². The van der Waals surface area contributed by atoms with Crippen LogP contribution < -0.4 is 15.4 Å². The summed E-state index contributed by atoms with van der Waals surface area (Å²) in [6, 6.07) is 11.8. The van der Waals surface area contributed by atoms with E-state index in [1.165, 1.54) is 12.1 Å². The quantitative estimate of drug-likeness (QED) is 0.167. The molecule has 2 heterocycles. The van der Waals surface area contributed by atoms with E-state index in [0.717, 1.165) is 5.65 Å². The van der Waals surface area contributed by atoms with E-state index in [4.69, 9.17) is 11.6 Å². The molecule has 0 aliphatic heterocycles. The minimum absolute atomic E-state index is 0. The molecule has 3 aromatic rings. The zero-order valence-corrected chi connectivity index (χ0v) is 20.1.